The van der Waals surface area contributed by atoms with Crippen molar-refractivity contribution in [2.75, 3.05) is 25.6 Å². The number of aliphatic carboxylic acids is 1. The lowest BCUT2D eigenvalue weighted by Gasteiger charge is -2.29. The number of ether oxygens (including phenoxy) is 2. The molecule has 0 bridgehead atoms. The Hall–Kier alpha value is -3.97. The third-order valence-corrected chi connectivity index (χ3v) is 9.56. The Balaban J connectivity index is 1.46. The van der Waals surface area contributed by atoms with Crippen LogP contribution in [-0.2, 0) is 39.1 Å². The number of unbranched alkanes of at least 4 members (excludes halogenated alkanes) is 6. The van der Waals surface area contributed by atoms with Gasteiger partial charge in [0.2, 0.25) is 0 Å². The van der Waals surface area contributed by atoms with E-state index in [1.54, 1.807) is 30.3 Å². The van der Waals surface area contributed by atoms with Gasteiger partial charge in [-0.2, -0.15) is 14.4 Å². The first-order valence-electron chi connectivity index (χ1n) is 16.1. The Morgan fingerprint density at radius 3 is 2.61 bits per heavy atom. The van der Waals surface area contributed by atoms with Crippen molar-refractivity contribution in [3.8, 4) is 12.3 Å². The van der Waals surface area contributed by atoms with Gasteiger partial charge in [-0.3, -0.25) is 18.4 Å². The molecule has 1 aliphatic heterocycles. The Kier molecular flexibility index (Phi) is 13.6. The number of nitrogen functional groups attached to an aromatic ring is 1. The minimum Gasteiger partial charge on any atom is -0.480 e. The lowest BCUT2D eigenvalue weighted by atomic mass is 9.99. The summed E-state index contributed by atoms with van der Waals surface area (Å²) < 4.78 is 51.6. The monoisotopic (exact) mass is 704 g/mol. The number of terminal acetylenes is 1. The number of carboxylic acids is 1. The Labute approximate surface area is 283 Å². The van der Waals surface area contributed by atoms with E-state index in [1.807, 2.05) is 0 Å². The number of esters is 1. The summed E-state index contributed by atoms with van der Waals surface area (Å²) in [6.45, 7) is 0.670. The summed E-state index contributed by atoms with van der Waals surface area (Å²) in [6.07, 6.45) is 10.3. The van der Waals surface area contributed by atoms with Crippen LogP contribution in [0.25, 0.3) is 11.2 Å². The maximum Gasteiger partial charge on any atom is 0.406 e. The van der Waals surface area contributed by atoms with Crippen molar-refractivity contribution in [3.05, 3.63) is 48.3 Å². The Bertz CT molecular complexity index is 1650. The molecule has 49 heavy (non-hydrogen) atoms. The van der Waals surface area contributed by atoms with E-state index in [4.69, 9.17) is 30.7 Å². The molecule has 1 fully saturated rings. The number of fused-ring (bicyclic) bond motifs is 1. The van der Waals surface area contributed by atoms with E-state index < -0.39 is 63.0 Å². The fourth-order valence-electron chi connectivity index (χ4n) is 5.29. The van der Waals surface area contributed by atoms with Crippen LogP contribution in [0.15, 0.2) is 36.7 Å². The topological polar surface area (TPSA) is 210 Å². The second-order valence-electron chi connectivity index (χ2n) is 11.7. The van der Waals surface area contributed by atoms with E-state index in [-0.39, 0.29) is 36.4 Å². The fourth-order valence-corrected chi connectivity index (χ4v) is 6.73. The van der Waals surface area contributed by atoms with Gasteiger partial charge in [-0.1, -0.05) is 81.7 Å². The second kappa shape index (κ2) is 17.6. The highest BCUT2D eigenvalue weighted by Crippen LogP contribution is 2.48. The van der Waals surface area contributed by atoms with Gasteiger partial charge in [-0.15, -0.1) is 6.42 Å². The van der Waals surface area contributed by atoms with E-state index in [9.17, 15) is 28.8 Å². The van der Waals surface area contributed by atoms with Crippen LogP contribution < -0.4 is 10.8 Å². The fraction of sp³-hybridized carbons (Fsp3) is 0.531. The average molecular weight is 705 g/mol. The highest BCUT2D eigenvalue weighted by Gasteiger charge is 2.50. The number of aliphatic hydroxyl groups excluding tert-OH is 1. The van der Waals surface area contributed by atoms with Gasteiger partial charge in [0.15, 0.2) is 29.2 Å². The molecule has 2 aromatic heterocycles. The van der Waals surface area contributed by atoms with E-state index >= 15 is 0 Å². The lowest BCUT2D eigenvalue weighted by Crippen LogP contribution is -2.44. The van der Waals surface area contributed by atoms with Gasteiger partial charge in [0.1, 0.15) is 25.0 Å². The first-order valence-corrected chi connectivity index (χ1v) is 17.6. The third-order valence-electron chi connectivity index (χ3n) is 7.99. The van der Waals surface area contributed by atoms with Crippen molar-refractivity contribution >= 4 is 36.7 Å². The molecule has 0 spiro atoms. The molecule has 1 aliphatic rings. The molecule has 0 saturated carbocycles. The van der Waals surface area contributed by atoms with Crippen molar-refractivity contribution in [2.45, 2.75) is 88.7 Å². The van der Waals surface area contributed by atoms with E-state index in [0.29, 0.717) is 12.0 Å². The van der Waals surface area contributed by atoms with Crippen LogP contribution in [-0.4, -0.2) is 79.2 Å². The number of halogens is 1. The van der Waals surface area contributed by atoms with Gasteiger partial charge < -0.3 is 25.4 Å². The molecule has 0 radical (unpaired) electrons. The lowest BCUT2D eigenvalue weighted by molar-refractivity contribution is -0.146. The third kappa shape index (κ3) is 10.3. The van der Waals surface area contributed by atoms with E-state index in [2.05, 4.69) is 32.9 Å². The highest BCUT2D eigenvalue weighted by molar-refractivity contribution is 7.51. The van der Waals surface area contributed by atoms with Gasteiger partial charge in [-0.25, -0.2) is 19.4 Å². The molecule has 15 nitrogen and oxygen atoms in total. The molecule has 3 heterocycles. The molecule has 1 saturated heterocycles. The van der Waals surface area contributed by atoms with Gasteiger partial charge in [0.05, 0.1) is 12.9 Å². The number of anilines is 1. The molecule has 5 N–H and O–H groups in total. The molecule has 1 aromatic carbocycles. The number of aromatic nitrogens is 4. The first kappa shape index (κ1) is 37.8. The molecule has 0 amide bonds. The number of nitrogens with zero attached hydrogens (tertiary/aromatic N) is 4. The normalized spacial score (nSPS) is 20.9. The summed E-state index contributed by atoms with van der Waals surface area (Å²) >= 11 is 0. The van der Waals surface area contributed by atoms with Gasteiger partial charge in [0.25, 0.3) is 0 Å². The summed E-state index contributed by atoms with van der Waals surface area (Å²) in [6, 6.07) is 7.07. The number of hydrogen-bond donors (Lipinski definition) is 4. The number of benzene rings is 1. The number of carboxylic acid groups (broad SMARTS) is 1. The zero-order valence-corrected chi connectivity index (χ0v) is 28.1. The van der Waals surface area contributed by atoms with Crippen LogP contribution in [0, 0.1) is 18.4 Å². The summed E-state index contributed by atoms with van der Waals surface area (Å²) in [5, 5.41) is 23.4. The quantitative estimate of drug-likeness (QED) is 0.0432. The van der Waals surface area contributed by atoms with Crippen LogP contribution >= 0.6 is 7.75 Å². The van der Waals surface area contributed by atoms with Crippen LogP contribution in [0.5, 0.6) is 0 Å². The van der Waals surface area contributed by atoms with Crippen molar-refractivity contribution in [3.63, 3.8) is 0 Å². The summed E-state index contributed by atoms with van der Waals surface area (Å²) in [7, 11) is -4.67. The van der Waals surface area contributed by atoms with Crippen LogP contribution in [0.3, 0.4) is 0 Å². The first-order chi connectivity index (χ1) is 23.5. The predicted molar refractivity (Wildman–Crippen MR) is 175 cm³/mol. The SMILES string of the molecule is C#C[C@]1(CO[P@@](=O)(N[C@@H](Cc2ccccc2)C(=O)O)OCC(=O)OCCCCCCCCC)O[C@@H](n2cnc3c(N)nc(F)nc32)C[C@@H]1O. The smallest absolute Gasteiger partial charge is 0.406 e. The van der Waals surface area contributed by atoms with Crippen molar-refractivity contribution in [1.29, 1.82) is 0 Å². The number of nitrogens with two attached hydrogens (primary N) is 1. The van der Waals surface area contributed by atoms with Gasteiger partial charge >= 0.3 is 25.8 Å². The van der Waals surface area contributed by atoms with Gasteiger partial charge in [0, 0.05) is 6.42 Å². The highest BCUT2D eigenvalue weighted by atomic mass is 31.2. The summed E-state index contributed by atoms with van der Waals surface area (Å²) in [5.41, 5.74) is 4.48. The molecular formula is C32H42FN6O9P. The number of nitrogens with one attached hydrogen (secondary N) is 1. The number of rotatable bonds is 20. The van der Waals surface area contributed by atoms with Crippen LogP contribution in [0.4, 0.5) is 10.2 Å². The maximum atomic E-state index is 14.1. The van der Waals surface area contributed by atoms with Crippen molar-refractivity contribution in [2.24, 2.45) is 0 Å². The number of hydrogen-bond acceptors (Lipinski definition) is 12. The van der Waals surface area contributed by atoms with Crippen molar-refractivity contribution < 1.29 is 47.3 Å². The molecule has 266 valence electrons. The molecule has 0 unspecified atom stereocenters. The van der Waals surface area contributed by atoms with E-state index in [1.165, 1.54) is 17.3 Å². The molecule has 4 rings (SSSR count). The standard InChI is InChI=1S/C32H42FN6O9P/c1-3-5-6-7-8-9-13-16-45-26(41)19-46-49(44,38-23(30(42)43)17-22-14-11-10-12-15-22)47-20-32(4-2)24(40)18-25(48-32)39-21-35-27-28(34)36-31(33)37-29(27)39/h2,10-12,14-15,21,23-25,40H,3,5-9,13,16-20H2,1H3,(H,38,44)(H,42,43)(H2,34,36,37)/t23-,24-,25+,32+,49+/m0/s1. The summed E-state index contributed by atoms with van der Waals surface area (Å²) in [4.78, 5) is 36.0. The number of carbonyl (C=O) groups is 2. The molecule has 17 heteroatoms. The summed E-state index contributed by atoms with van der Waals surface area (Å²) in [5.74, 6) is -0.0943. The van der Waals surface area contributed by atoms with Crippen molar-refractivity contribution in [1.82, 2.24) is 24.6 Å². The molecular weight excluding hydrogens is 662 g/mol. The van der Waals surface area contributed by atoms with Crippen LogP contribution in [0.1, 0.15) is 70.1 Å². The largest absolute Gasteiger partial charge is 0.480 e. The number of imidazole rings is 1. The Morgan fingerprint density at radius 1 is 1.20 bits per heavy atom. The van der Waals surface area contributed by atoms with Gasteiger partial charge in [-0.05, 0) is 18.4 Å². The predicted octanol–water partition coefficient (Wildman–Crippen LogP) is 3.92. The number of aliphatic hydroxyl groups is 1. The minimum absolute atomic E-state index is 0.0215. The van der Waals surface area contributed by atoms with Crippen LogP contribution in [0.2, 0.25) is 0 Å². The molecule has 3 aromatic rings. The zero-order chi connectivity index (χ0) is 35.4. The molecule has 5 atom stereocenters. The average Bonchev–Trinajstić information content (AvgIpc) is 3.65. The maximum absolute atomic E-state index is 14.1. The van der Waals surface area contributed by atoms with E-state index in [0.717, 1.165) is 32.1 Å². The second-order valence-corrected chi connectivity index (χ2v) is 13.4. The Morgan fingerprint density at radius 2 is 1.92 bits per heavy atom. The zero-order valence-electron chi connectivity index (χ0n) is 27.2. The molecule has 0 aliphatic carbocycles. The number of carbonyl (C=O) groups excluding carboxylic acids is 1. The minimum atomic E-state index is -4.67.